The Morgan fingerprint density at radius 3 is 2.40 bits per heavy atom. The van der Waals surface area contributed by atoms with Crippen molar-refractivity contribution in [3.63, 3.8) is 0 Å². The summed E-state index contributed by atoms with van der Waals surface area (Å²) in [5, 5.41) is 18.3. The van der Waals surface area contributed by atoms with E-state index in [4.69, 9.17) is 14.8 Å². The van der Waals surface area contributed by atoms with Gasteiger partial charge in [-0.15, -0.1) is 0 Å². The van der Waals surface area contributed by atoms with E-state index in [1.807, 2.05) is 18.2 Å². The molecule has 0 saturated heterocycles. The zero-order valence-corrected chi connectivity index (χ0v) is 11.6. The number of aryl methyl sites for hydroxylation is 1. The highest BCUT2D eigenvalue weighted by Gasteiger charge is 2.10. The van der Waals surface area contributed by atoms with Gasteiger partial charge < -0.3 is 14.8 Å². The number of hydrogen-bond acceptors (Lipinski definition) is 3. The summed E-state index contributed by atoms with van der Waals surface area (Å²) in [4.78, 5) is 0. The Bertz CT molecular complexity index is 538. The van der Waals surface area contributed by atoms with Gasteiger partial charge in [0.15, 0.2) is 0 Å². The van der Waals surface area contributed by atoms with Gasteiger partial charge in [-0.05, 0) is 35.1 Å². The van der Waals surface area contributed by atoms with Gasteiger partial charge in [-0.2, -0.15) is 0 Å². The van der Waals surface area contributed by atoms with Crippen LogP contribution in [0.15, 0.2) is 48.5 Å². The first kappa shape index (κ1) is 14.6. The topological polar surface area (TPSA) is 49.7 Å². The van der Waals surface area contributed by atoms with Crippen LogP contribution in [0.2, 0.25) is 0 Å². The van der Waals surface area contributed by atoms with Crippen molar-refractivity contribution in [1.82, 2.24) is 0 Å². The quantitative estimate of drug-likeness (QED) is 0.788. The molecule has 0 fully saturated rings. The fourth-order valence-electron chi connectivity index (χ4n) is 2.05. The summed E-state index contributed by atoms with van der Waals surface area (Å²) >= 11 is 0. The second kappa shape index (κ2) is 7.13. The second-order valence-electron chi connectivity index (χ2n) is 4.80. The predicted molar refractivity (Wildman–Crippen MR) is 81.0 cm³/mol. The van der Waals surface area contributed by atoms with Gasteiger partial charge in [0, 0.05) is 0 Å². The lowest BCUT2D eigenvalue weighted by molar-refractivity contribution is 0.306. The van der Waals surface area contributed by atoms with E-state index in [2.05, 4.69) is 19.1 Å². The maximum absolute atomic E-state index is 9.13. The van der Waals surface area contributed by atoms with Crippen LogP contribution >= 0.6 is 0 Å². The third-order valence-corrected chi connectivity index (χ3v) is 3.12. The number of rotatable bonds is 6. The standard InChI is InChI=1S/C16H19BO3/c1-2-4-13-7-9-16(10-8-13)20-12-14-5-3-6-15(11-14)17(18)19/h3,5-11,18-19H,2,4,12H2,1H3. The van der Waals surface area contributed by atoms with Crippen molar-refractivity contribution in [2.24, 2.45) is 0 Å². The summed E-state index contributed by atoms with van der Waals surface area (Å²) in [6.07, 6.45) is 2.22. The lowest BCUT2D eigenvalue weighted by Gasteiger charge is -2.08. The summed E-state index contributed by atoms with van der Waals surface area (Å²) in [6.45, 7) is 2.57. The summed E-state index contributed by atoms with van der Waals surface area (Å²) in [6, 6.07) is 15.2. The van der Waals surface area contributed by atoms with Gasteiger partial charge >= 0.3 is 7.12 Å². The van der Waals surface area contributed by atoms with Crippen LogP contribution in [-0.2, 0) is 13.0 Å². The average Bonchev–Trinajstić information content (AvgIpc) is 2.47. The van der Waals surface area contributed by atoms with E-state index in [0.717, 1.165) is 24.2 Å². The molecule has 0 amide bonds. The van der Waals surface area contributed by atoms with Crippen molar-refractivity contribution in [3.8, 4) is 5.75 Å². The lowest BCUT2D eigenvalue weighted by atomic mass is 9.80. The Balaban J connectivity index is 1.96. The maximum Gasteiger partial charge on any atom is 0.488 e. The third-order valence-electron chi connectivity index (χ3n) is 3.12. The number of ether oxygens (including phenoxy) is 1. The van der Waals surface area contributed by atoms with Crippen LogP contribution < -0.4 is 10.2 Å². The van der Waals surface area contributed by atoms with Crippen LogP contribution in [0.4, 0.5) is 0 Å². The Hall–Kier alpha value is -1.78. The second-order valence-corrected chi connectivity index (χ2v) is 4.80. The summed E-state index contributed by atoms with van der Waals surface area (Å²) in [5.41, 5.74) is 2.70. The van der Waals surface area contributed by atoms with Gasteiger partial charge in [0.05, 0.1) is 0 Å². The lowest BCUT2D eigenvalue weighted by Crippen LogP contribution is -2.29. The highest BCUT2D eigenvalue weighted by Crippen LogP contribution is 2.15. The molecular formula is C16H19BO3. The fraction of sp³-hybridized carbons (Fsp3) is 0.250. The molecule has 2 aromatic carbocycles. The minimum Gasteiger partial charge on any atom is -0.489 e. The smallest absolute Gasteiger partial charge is 0.488 e. The zero-order chi connectivity index (χ0) is 14.4. The monoisotopic (exact) mass is 270 g/mol. The molecule has 0 unspecified atom stereocenters. The fourth-order valence-corrected chi connectivity index (χ4v) is 2.05. The molecule has 2 rings (SSSR count). The molecular weight excluding hydrogens is 251 g/mol. The minimum absolute atomic E-state index is 0.410. The van der Waals surface area contributed by atoms with Crippen LogP contribution in [0.3, 0.4) is 0 Å². The van der Waals surface area contributed by atoms with Gasteiger partial charge in [-0.3, -0.25) is 0 Å². The molecule has 3 nitrogen and oxygen atoms in total. The van der Waals surface area contributed by atoms with Crippen LogP contribution in [0.25, 0.3) is 0 Å². The molecule has 104 valence electrons. The van der Waals surface area contributed by atoms with Gasteiger partial charge in [0.1, 0.15) is 12.4 Å². The molecule has 0 heterocycles. The number of hydrogen-bond donors (Lipinski definition) is 2. The molecule has 0 aliphatic carbocycles. The van der Waals surface area contributed by atoms with Gasteiger partial charge in [-0.1, -0.05) is 49.7 Å². The molecule has 0 saturated carbocycles. The normalized spacial score (nSPS) is 10.3. The van der Waals surface area contributed by atoms with Crippen molar-refractivity contribution in [1.29, 1.82) is 0 Å². The minimum atomic E-state index is -1.44. The zero-order valence-electron chi connectivity index (χ0n) is 11.6. The highest BCUT2D eigenvalue weighted by atomic mass is 16.5. The van der Waals surface area contributed by atoms with Crippen molar-refractivity contribution < 1.29 is 14.8 Å². The maximum atomic E-state index is 9.13. The van der Waals surface area contributed by atoms with E-state index in [0.29, 0.717) is 12.1 Å². The van der Waals surface area contributed by atoms with Crippen LogP contribution in [-0.4, -0.2) is 17.2 Å². The highest BCUT2D eigenvalue weighted by molar-refractivity contribution is 6.58. The Labute approximate surface area is 120 Å². The Morgan fingerprint density at radius 1 is 1.00 bits per heavy atom. The molecule has 20 heavy (non-hydrogen) atoms. The predicted octanol–water partition coefficient (Wildman–Crippen LogP) is 1.90. The molecule has 0 aliphatic rings. The van der Waals surface area contributed by atoms with E-state index in [1.54, 1.807) is 18.2 Å². The average molecular weight is 270 g/mol. The van der Waals surface area contributed by atoms with Gasteiger partial charge in [0.25, 0.3) is 0 Å². The van der Waals surface area contributed by atoms with E-state index >= 15 is 0 Å². The summed E-state index contributed by atoms with van der Waals surface area (Å²) in [5.74, 6) is 0.819. The largest absolute Gasteiger partial charge is 0.489 e. The molecule has 0 spiro atoms. The van der Waals surface area contributed by atoms with Gasteiger partial charge in [0.2, 0.25) is 0 Å². The van der Waals surface area contributed by atoms with Crippen LogP contribution in [0.1, 0.15) is 24.5 Å². The summed E-state index contributed by atoms with van der Waals surface area (Å²) in [7, 11) is -1.44. The first-order valence-electron chi connectivity index (χ1n) is 6.85. The molecule has 0 radical (unpaired) electrons. The molecule has 0 aromatic heterocycles. The van der Waals surface area contributed by atoms with E-state index in [9.17, 15) is 0 Å². The molecule has 0 atom stereocenters. The molecule has 2 N–H and O–H groups in total. The van der Waals surface area contributed by atoms with Crippen LogP contribution in [0, 0.1) is 0 Å². The van der Waals surface area contributed by atoms with Crippen molar-refractivity contribution in [2.75, 3.05) is 0 Å². The third kappa shape index (κ3) is 4.12. The van der Waals surface area contributed by atoms with E-state index in [1.165, 1.54) is 5.56 Å². The van der Waals surface area contributed by atoms with Crippen molar-refractivity contribution >= 4 is 12.6 Å². The summed E-state index contributed by atoms with van der Waals surface area (Å²) < 4.78 is 5.70. The first-order valence-corrected chi connectivity index (χ1v) is 6.85. The van der Waals surface area contributed by atoms with E-state index in [-0.39, 0.29) is 0 Å². The molecule has 0 aliphatic heterocycles. The Kier molecular flexibility index (Phi) is 5.21. The molecule has 0 bridgehead atoms. The first-order chi connectivity index (χ1) is 9.69. The van der Waals surface area contributed by atoms with Crippen molar-refractivity contribution in [3.05, 3.63) is 59.7 Å². The van der Waals surface area contributed by atoms with E-state index < -0.39 is 7.12 Å². The molecule has 4 heteroatoms. The Morgan fingerprint density at radius 2 is 1.75 bits per heavy atom. The molecule has 2 aromatic rings. The van der Waals surface area contributed by atoms with Crippen molar-refractivity contribution in [2.45, 2.75) is 26.4 Å². The SMILES string of the molecule is CCCc1ccc(OCc2cccc(B(O)O)c2)cc1. The van der Waals surface area contributed by atoms with Crippen LogP contribution in [0.5, 0.6) is 5.75 Å². The van der Waals surface area contributed by atoms with Gasteiger partial charge in [-0.25, -0.2) is 0 Å². The number of benzene rings is 2.